The molecule has 0 aliphatic rings. The summed E-state index contributed by atoms with van der Waals surface area (Å²) in [4.78, 5) is 12.3. The number of amides is 1. The number of carbonyl (C=O) groups excluding carboxylic acids is 1. The molecule has 3 rings (SSSR count). The first-order valence-corrected chi connectivity index (χ1v) is 11.5. The van der Waals surface area contributed by atoms with Crippen molar-refractivity contribution in [2.75, 3.05) is 6.61 Å². The minimum Gasteiger partial charge on any atom is -0.490 e. The number of hydrogen-bond acceptors (Lipinski definition) is 4. The summed E-state index contributed by atoms with van der Waals surface area (Å²) in [5.41, 5.74) is 2.09. The summed E-state index contributed by atoms with van der Waals surface area (Å²) >= 11 is 8.00. The maximum atomic E-state index is 13.1. The number of halogens is 5. The second-order valence-electron chi connectivity index (χ2n) is 6.92. The number of nitrogens with one attached hydrogen (secondary N) is 1. The lowest BCUT2D eigenvalue weighted by atomic mass is 10.1. The first-order chi connectivity index (χ1) is 16.2. The number of alkyl halides is 3. The third-order valence-electron chi connectivity index (χ3n) is 4.48. The van der Waals surface area contributed by atoms with Crippen LogP contribution in [-0.2, 0) is 12.8 Å². The topological polar surface area (TPSA) is 59.9 Å². The Bertz CT molecular complexity index is 1190. The molecule has 0 saturated carbocycles. The van der Waals surface area contributed by atoms with Crippen molar-refractivity contribution >= 4 is 46.3 Å². The number of carbonyl (C=O) groups is 1. The SMILES string of the molecule is CCOc1cc(/C=N/NC(=O)c2ccccc2C(F)(F)F)cc(I)c1OCc1ccc(Cl)cc1. The molecule has 0 atom stereocenters. The summed E-state index contributed by atoms with van der Waals surface area (Å²) in [6, 6.07) is 15.2. The van der Waals surface area contributed by atoms with Gasteiger partial charge >= 0.3 is 6.18 Å². The van der Waals surface area contributed by atoms with Gasteiger partial charge in [0.05, 0.1) is 27.5 Å². The van der Waals surface area contributed by atoms with E-state index in [1.165, 1.54) is 18.3 Å². The zero-order chi connectivity index (χ0) is 24.7. The van der Waals surface area contributed by atoms with Crippen LogP contribution < -0.4 is 14.9 Å². The summed E-state index contributed by atoms with van der Waals surface area (Å²) in [6.45, 7) is 2.52. The van der Waals surface area contributed by atoms with Crippen LogP contribution in [0.25, 0.3) is 0 Å². The van der Waals surface area contributed by atoms with Crippen LogP contribution >= 0.6 is 34.2 Å². The largest absolute Gasteiger partial charge is 0.490 e. The summed E-state index contributed by atoms with van der Waals surface area (Å²) in [5, 5.41) is 4.44. The summed E-state index contributed by atoms with van der Waals surface area (Å²) in [6.07, 6.45) is -3.33. The molecule has 0 bridgehead atoms. The molecule has 0 spiro atoms. The zero-order valence-electron chi connectivity index (χ0n) is 17.8. The lowest BCUT2D eigenvalue weighted by molar-refractivity contribution is -0.137. The van der Waals surface area contributed by atoms with Crippen molar-refractivity contribution in [3.63, 3.8) is 0 Å². The second kappa shape index (κ2) is 11.6. The molecule has 1 N–H and O–H groups in total. The average Bonchev–Trinajstić information content (AvgIpc) is 2.79. The van der Waals surface area contributed by atoms with Gasteiger partial charge in [-0.15, -0.1) is 0 Å². The van der Waals surface area contributed by atoms with Crippen LogP contribution in [0.1, 0.15) is 34.0 Å². The van der Waals surface area contributed by atoms with Crippen molar-refractivity contribution in [2.24, 2.45) is 5.10 Å². The fourth-order valence-corrected chi connectivity index (χ4v) is 3.86. The first kappa shape index (κ1) is 25.8. The molecule has 0 aromatic heterocycles. The highest BCUT2D eigenvalue weighted by molar-refractivity contribution is 14.1. The van der Waals surface area contributed by atoms with Gasteiger partial charge in [-0.05, 0) is 77.0 Å². The monoisotopic (exact) mass is 602 g/mol. The number of benzene rings is 3. The van der Waals surface area contributed by atoms with Gasteiger partial charge < -0.3 is 9.47 Å². The molecule has 0 saturated heterocycles. The van der Waals surface area contributed by atoms with Crippen LogP contribution in [0.4, 0.5) is 13.2 Å². The van der Waals surface area contributed by atoms with Gasteiger partial charge in [-0.25, -0.2) is 5.43 Å². The van der Waals surface area contributed by atoms with E-state index in [1.54, 1.807) is 24.3 Å². The molecule has 5 nitrogen and oxygen atoms in total. The fourth-order valence-electron chi connectivity index (χ4n) is 2.96. The Hall–Kier alpha value is -2.79. The molecule has 0 radical (unpaired) electrons. The van der Waals surface area contributed by atoms with Gasteiger partial charge in [0.25, 0.3) is 5.91 Å². The van der Waals surface area contributed by atoms with Crippen molar-refractivity contribution in [3.05, 3.63) is 91.5 Å². The van der Waals surface area contributed by atoms with Gasteiger partial charge in [0.1, 0.15) is 6.61 Å². The molecule has 1 amide bonds. The molecule has 0 heterocycles. The van der Waals surface area contributed by atoms with Gasteiger partial charge in [-0.3, -0.25) is 4.79 Å². The predicted octanol–water partition coefficient (Wildman–Crippen LogP) is 6.71. The minimum absolute atomic E-state index is 0.301. The van der Waals surface area contributed by atoms with Gasteiger partial charge in [0.15, 0.2) is 11.5 Å². The Balaban J connectivity index is 1.75. The number of nitrogens with zero attached hydrogens (tertiary/aromatic N) is 1. The highest BCUT2D eigenvalue weighted by atomic mass is 127. The maximum Gasteiger partial charge on any atom is 0.417 e. The zero-order valence-corrected chi connectivity index (χ0v) is 20.7. The van der Waals surface area contributed by atoms with E-state index in [-0.39, 0.29) is 0 Å². The fraction of sp³-hybridized carbons (Fsp3) is 0.167. The number of rotatable bonds is 8. The van der Waals surface area contributed by atoms with E-state index in [1.807, 2.05) is 19.1 Å². The van der Waals surface area contributed by atoms with E-state index in [0.29, 0.717) is 35.3 Å². The molecular formula is C24H19ClF3IN2O3. The molecule has 0 aliphatic heterocycles. The second-order valence-corrected chi connectivity index (χ2v) is 8.52. The summed E-state index contributed by atoms with van der Waals surface area (Å²) in [7, 11) is 0. The van der Waals surface area contributed by atoms with Crippen LogP contribution in [0.15, 0.2) is 65.8 Å². The molecule has 3 aromatic rings. The Labute approximate surface area is 213 Å². The van der Waals surface area contributed by atoms with Crippen molar-refractivity contribution in [3.8, 4) is 11.5 Å². The molecule has 10 heteroatoms. The summed E-state index contributed by atoms with van der Waals surface area (Å²) in [5.74, 6) is 0.0445. The molecule has 34 heavy (non-hydrogen) atoms. The quantitative estimate of drug-likeness (QED) is 0.177. The van der Waals surface area contributed by atoms with Gasteiger partial charge in [0, 0.05) is 5.02 Å². The molecule has 3 aromatic carbocycles. The Morgan fingerprint density at radius 1 is 1.12 bits per heavy atom. The molecular weight excluding hydrogens is 584 g/mol. The van der Waals surface area contributed by atoms with Crippen molar-refractivity contribution in [2.45, 2.75) is 19.7 Å². The number of hydrogen-bond donors (Lipinski definition) is 1. The highest BCUT2D eigenvalue weighted by Crippen LogP contribution is 2.35. The third kappa shape index (κ3) is 6.86. The number of ether oxygens (including phenoxy) is 2. The molecule has 0 fully saturated rings. The Morgan fingerprint density at radius 3 is 2.50 bits per heavy atom. The van der Waals surface area contributed by atoms with Crippen LogP contribution in [0, 0.1) is 3.57 Å². The Morgan fingerprint density at radius 2 is 1.82 bits per heavy atom. The van der Waals surface area contributed by atoms with Gasteiger partial charge in [-0.1, -0.05) is 35.9 Å². The summed E-state index contributed by atoms with van der Waals surface area (Å²) < 4.78 is 51.8. The highest BCUT2D eigenvalue weighted by Gasteiger charge is 2.34. The van der Waals surface area contributed by atoms with E-state index in [0.717, 1.165) is 21.3 Å². The first-order valence-electron chi connectivity index (χ1n) is 10.0. The van der Waals surface area contributed by atoms with Gasteiger partial charge in [-0.2, -0.15) is 18.3 Å². The molecule has 0 unspecified atom stereocenters. The minimum atomic E-state index is -4.65. The number of hydrazone groups is 1. The van der Waals surface area contributed by atoms with Crippen molar-refractivity contribution < 1.29 is 27.4 Å². The normalized spacial score (nSPS) is 11.5. The smallest absolute Gasteiger partial charge is 0.417 e. The average molecular weight is 603 g/mol. The van der Waals surface area contributed by atoms with Crippen LogP contribution in [0.5, 0.6) is 11.5 Å². The third-order valence-corrected chi connectivity index (χ3v) is 5.54. The van der Waals surface area contributed by atoms with Crippen molar-refractivity contribution in [1.82, 2.24) is 5.43 Å². The predicted molar refractivity (Wildman–Crippen MR) is 133 cm³/mol. The van der Waals surface area contributed by atoms with E-state index >= 15 is 0 Å². The van der Waals surface area contributed by atoms with Crippen LogP contribution in [-0.4, -0.2) is 18.7 Å². The lowest BCUT2D eigenvalue weighted by Gasteiger charge is -2.15. The standard InChI is InChI=1S/C24H19ClF3IN2O3/c1-2-33-21-12-16(11-20(29)22(21)34-14-15-7-9-17(25)10-8-15)13-30-31-23(32)18-5-3-4-6-19(18)24(26,27)28/h3-13H,2,14H2,1H3,(H,31,32)/b30-13+. The lowest BCUT2D eigenvalue weighted by Crippen LogP contribution is -2.22. The van der Waals surface area contributed by atoms with Gasteiger partial charge in [0.2, 0.25) is 0 Å². The van der Waals surface area contributed by atoms with E-state index in [9.17, 15) is 18.0 Å². The maximum absolute atomic E-state index is 13.1. The van der Waals surface area contributed by atoms with E-state index in [4.69, 9.17) is 21.1 Å². The van der Waals surface area contributed by atoms with Crippen molar-refractivity contribution in [1.29, 1.82) is 0 Å². The van der Waals surface area contributed by atoms with Crippen LogP contribution in [0.2, 0.25) is 5.02 Å². The van der Waals surface area contributed by atoms with Crippen LogP contribution in [0.3, 0.4) is 0 Å². The molecule has 178 valence electrons. The van der Waals surface area contributed by atoms with E-state index in [2.05, 4.69) is 33.1 Å². The molecule has 0 aliphatic carbocycles. The van der Waals surface area contributed by atoms with E-state index < -0.39 is 23.2 Å². The Kier molecular flexibility index (Phi) is 8.78.